The highest BCUT2D eigenvalue weighted by Gasteiger charge is 2.41. The molecular weight excluding hydrogens is 242 g/mol. The Bertz CT molecular complexity index is 383. The summed E-state index contributed by atoms with van der Waals surface area (Å²) >= 11 is 0. The van der Waals surface area contributed by atoms with Gasteiger partial charge in [0.15, 0.2) is 0 Å². The van der Waals surface area contributed by atoms with Crippen molar-refractivity contribution in [2.75, 3.05) is 13.1 Å². The van der Waals surface area contributed by atoms with E-state index in [1.165, 1.54) is 31.4 Å². The third-order valence-electron chi connectivity index (χ3n) is 4.72. The maximum atomic E-state index is 3.63. The lowest BCUT2D eigenvalue weighted by atomic mass is 9.61. The molecule has 0 saturated carbocycles. The summed E-state index contributed by atoms with van der Waals surface area (Å²) in [6.07, 6.45) is 4.03. The molecule has 1 aromatic rings. The summed E-state index contributed by atoms with van der Waals surface area (Å²) in [6.45, 7) is 11.9. The van der Waals surface area contributed by atoms with Crippen molar-refractivity contribution in [3.63, 3.8) is 0 Å². The first-order valence-corrected chi connectivity index (χ1v) is 8.29. The molecule has 1 aromatic carbocycles. The van der Waals surface area contributed by atoms with Gasteiger partial charge in [-0.05, 0) is 48.6 Å². The molecule has 20 heavy (non-hydrogen) atoms. The van der Waals surface area contributed by atoms with E-state index in [1.807, 2.05) is 0 Å². The van der Waals surface area contributed by atoms with Crippen LogP contribution in [-0.4, -0.2) is 13.1 Å². The standard InChI is InChI=1S/C19H31N/c1-15(2)12-19(13-16(3)4)10-11-20-14-18(19)17-8-6-5-7-9-17/h5-9,15-16,18,20H,10-14H2,1-4H3. The van der Waals surface area contributed by atoms with Crippen molar-refractivity contribution in [2.45, 2.75) is 52.9 Å². The van der Waals surface area contributed by atoms with Crippen LogP contribution >= 0.6 is 0 Å². The van der Waals surface area contributed by atoms with E-state index >= 15 is 0 Å². The first-order chi connectivity index (χ1) is 9.53. The molecule has 1 heteroatoms. The predicted molar refractivity (Wildman–Crippen MR) is 88.0 cm³/mol. The molecule has 1 aliphatic rings. The van der Waals surface area contributed by atoms with Crippen molar-refractivity contribution in [1.82, 2.24) is 5.32 Å². The van der Waals surface area contributed by atoms with Crippen LogP contribution in [0.3, 0.4) is 0 Å². The fraction of sp³-hybridized carbons (Fsp3) is 0.684. The Morgan fingerprint density at radius 2 is 1.65 bits per heavy atom. The Labute approximate surface area is 125 Å². The van der Waals surface area contributed by atoms with E-state index in [-0.39, 0.29) is 0 Å². The van der Waals surface area contributed by atoms with E-state index in [0.717, 1.165) is 18.4 Å². The first kappa shape index (κ1) is 15.6. The molecule has 1 aliphatic heterocycles. The molecule has 1 N–H and O–H groups in total. The van der Waals surface area contributed by atoms with Crippen LogP contribution in [0.4, 0.5) is 0 Å². The highest BCUT2D eigenvalue weighted by atomic mass is 14.9. The molecule has 112 valence electrons. The summed E-state index contributed by atoms with van der Waals surface area (Å²) < 4.78 is 0. The quantitative estimate of drug-likeness (QED) is 0.809. The van der Waals surface area contributed by atoms with E-state index in [0.29, 0.717) is 11.3 Å². The number of rotatable bonds is 5. The topological polar surface area (TPSA) is 12.0 Å². The molecule has 0 bridgehead atoms. The molecule has 0 aliphatic carbocycles. The zero-order chi connectivity index (χ0) is 14.6. The lowest BCUT2D eigenvalue weighted by Gasteiger charge is -2.47. The van der Waals surface area contributed by atoms with Crippen molar-refractivity contribution in [3.8, 4) is 0 Å². The van der Waals surface area contributed by atoms with Crippen LogP contribution in [0.5, 0.6) is 0 Å². The zero-order valence-electron chi connectivity index (χ0n) is 13.7. The van der Waals surface area contributed by atoms with Crippen molar-refractivity contribution in [2.24, 2.45) is 17.3 Å². The summed E-state index contributed by atoms with van der Waals surface area (Å²) in [7, 11) is 0. The molecule has 0 amide bonds. The molecule has 1 fully saturated rings. The molecular formula is C19H31N. The molecule has 1 heterocycles. The second kappa shape index (κ2) is 6.76. The van der Waals surface area contributed by atoms with E-state index in [2.05, 4.69) is 63.3 Å². The molecule has 2 rings (SSSR count). The summed E-state index contributed by atoms with van der Waals surface area (Å²) in [4.78, 5) is 0. The lowest BCUT2D eigenvalue weighted by Crippen LogP contribution is -2.45. The van der Waals surface area contributed by atoms with Crippen LogP contribution in [-0.2, 0) is 0 Å². The van der Waals surface area contributed by atoms with Crippen molar-refractivity contribution in [1.29, 1.82) is 0 Å². The van der Waals surface area contributed by atoms with Gasteiger partial charge < -0.3 is 5.32 Å². The van der Waals surface area contributed by atoms with Gasteiger partial charge in [0, 0.05) is 12.5 Å². The third-order valence-corrected chi connectivity index (χ3v) is 4.72. The van der Waals surface area contributed by atoms with Gasteiger partial charge in [0.05, 0.1) is 0 Å². The third kappa shape index (κ3) is 3.63. The van der Waals surface area contributed by atoms with Gasteiger partial charge in [0.1, 0.15) is 0 Å². The Balaban J connectivity index is 2.33. The van der Waals surface area contributed by atoms with Crippen LogP contribution in [0.15, 0.2) is 30.3 Å². The summed E-state index contributed by atoms with van der Waals surface area (Å²) in [5.41, 5.74) is 2.01. The smallest absolute Gasteiger partial charge is 0.00255 e. The van der Waals surface area contributed by atoms with Crippen molar-refractivity contribution < 1.29 is 0 Å². The van der Waals surface area contributed by atoms with Crippen LogP contribution in [0, 0.1) is 17.3 Å². The number of hydrogen-bond donors (Lipinski definition) is 1. The number of piperidine rings is 1. The predicted octanol–water partition coefficient (Wildman–Crippen LogP) is 4.84. The van der Waals surface area contributed by atoms with Crippen molar-refractivity contribution in [3.05, 3.63) is 35.9 Å². The van der Waals surface area contributed by atoms with Crippen LogP contribution < -0.4 is 5.32 Å². The summed E-state index contributed by atoms with van der Waals surface area (Å²) in [5.74, 6) is 2.22. The Morgan fingerprint density at radius 1 is 1.05 bits per heavy atom. The fourth-order valence-electron chi connectivity index (χ4n) is 4.33. The van der Waals surface area contributed by atoms with Gasteiger partial charge in [-0.25, -0.2) is 0 Å². The Morgan fingerprint density at radius 3 is 2.20 bits per heavy atom. The van der Waals surface area contributed by atoms with Gasteiger partial charge >= 0.3 is 0 Å². The minimum atomic E-state index is 0.481. The highest BCUT2D eigenvalue weighted by molar-refractivity contribution is 5.24. The molecule has 0 radical (unpaired) electrons. The lowest BCUT2D eigenvalue weighted by molar-refractivity contribution is 0.0971. The maximum Gasteiger partial charge on any atom is 0.00255 e. The molecule has 1 atom stereocenters. The minimum Gasteiger partial charge on any atom is -0.316 e. The molecule has 1 nitrogen and oxygen atoms in total. The second-order valence-corrected chi connectivity index (χ2v) is 7.48. The normalized spacial score (nSPS) is 22.4. The Kier molecular flexibility index (Phi) is 5.26. The minimum absolute atomic E-state index is 0.481. The number of nitrogens with one attached hydrogen (secondary N) is 1. The van der Waals surface area contributed by atoms with Gasteiger partial charge in [-0.2, -0.15) is 0 Å². The van der Waals surface area contributed by atoms with E-state index in [1.54, 1.807) is 0 Å². The zero-order valence-corrected chi connectivity index (χ0v) is 13.7. The SMILES string of the molecule is CC(C)CC1(CC(C)C)CCNCC1c1ccccc1. The average molecular weight is 273 g/mol. The fourth-order valence-corrected chi connectivity index (χ4v) is 4.33. The monoisotopic (exact) mass is 273 g/mol. The maximum absolute atomic E-state index is 3.63. The van der Waals surface area contributed by atoms with Gasteiger partial charge in [-0.3, -0.25) is 0 Å². The van der Waals surface area contributed by atoms with Crippen LogP contribution in [0.2, 0.25) is 0 Å². The van der Waals surface area contributed by atoms with E-state index < -0.39 is 0 Å². The first-order valence-electron chi connectivity index (χ1n) is 8.29. The van der Waals surface area contributed by atoms with Gasteiger partial charge in [0.25, 0.3) is 0 Å². The summed E-state index contributed by atoms with van der Waals surface area (Å²) in [5, 5.41) is 3.63. The molecule has 0 aromatic heterocycles. The molecule has 1 saturated heterocycles. The number of benzene rings is 1. The Hall–Kier alpha value is -0.820. The second-order valence-electron chi connectivity index (χ2n) is 7.48. The van der Waals surface area contributed by atoms with E-state index in [4.69, 9.17) is 0 Å². The van der Waals surface area contributed by atoms with Gasteiger partial charge in [-0.15, -0.1) is 0 Å². The van der Waals surface area contributed by atoms with Crippen LogP contribution in [0.25, 0.3) is 0 Å². The van der Waals surface area contributed by atoms with Gasteiger partial charge in [-0.1, -0.05) is 58.0 Å². The van der Waals surface area contributed by atoms with E-state index in [9.17, 15) is 0 Å². The van der Waals surface area contributed by atoms with Crippen LogP contribution in [0.1, 0.15) is 58.4 Å². The highest BCUT2D eigenvalue weighted by Crippen LogP contribution is 2.49. The van der Waals surface area contributed by atoms with Gasteiger partial charge in [0.2, 0.25) is 0 Å². The van der Waals surface area contributed by atoms with Crippen molar-refractivity contribution >= 4 is 0 Å². The number of hydrogen-bond acceptors (Lipinski definition) is 1. The molecule has 1 unspecified atom stereocenters. The average Bonchev–Trinajstić information content (AvgIpc) is 2.38. The molecule has 0 spiro atoms. The summed E-state index contributed by atoms with van der Waals surface area (Å²) in [6, 6.07) is 11.2. The largest absolute Gasteiger partial charge is 0.316 e.